The van der Waals surface area contributed by atoms with E-state index in [2.05, 4.69) is 0 Å². The molecule has 0 saturated heterocycles. The van der Waals surface area contributed by atoms with Gasteiger partial charge < -0.3 is 10.8 Å². The Kier molecular flexibility index (Phi) is 3.51. The fourth-order valence-electron chi connectivity index (χ4n) is 0.615. The highest BCUT2D eigenvalue weighted by atomic mass is 19.4. The van der Waals surface area contributed by atoms with Crippen LogP contribution in [0.4, 0.5) is 13.2 Å². The molecule has 0 aromatic rings. The van der Waals surface area contributed by atoms with E-state index in [9.17, 15) is 18.0 Å². The van der Waals surface area contributed by atoms with E-state index in [1.54, 1.807) is 0 Å². The molecule has 0 aliphatic heterocycles. The highest BCUT2D eigenvalue weighted by Crippen LogP contribution is 2.28. The van der Waals surface area contributed by atoms with E-state index in [-0.39, 0.29) is 0 Å². The van der Waals surface area contributed by atoms with E-state index >= 15 is 0 Å². The van der Waals surface area contributed by atoms with Gasteiger partial charge in [0.1, 0.15) is 6.04 Å². The number of rotatable bonds is 3. The van der Waals surface area contributed by atoms with Gasteiger partial charge in [-0.05, 0) is 6.42 Å². The van der Waals surface area contributed by atoms with Crippen molar-refractivity contribution in [3.63, 3.8) is 0 Å². The van der Waals surface area contributed by atoms with Crippen molar-refractivity contribution in [2.24, 2.45) is 11.7 Å². The Hall–Kier alpha value is -0.780. The molecule has 72 valence electrons. The van der Waals surface area contributed by atoms with Crippen molar-refractivity contribution in [2.75, 3.05) is 0 Å². The molecule has 6 heteroatoms. The van der Waals surface area contributed by atoms with Gasteiger partial charge in [0, 0.05) is 0 Å². The molecule has 0 fully saturated rings. The molecule has 3 N–H and O–H groups in total. The minimum Gasteiger partial charge on any atom is -0.480 e. The lowest BCUT2D eigenvalue weighted by Crippen LogP contribution is -2.35. The van der Waals surface area contributed by atoms with E-state index in [1.165, 1.54) is 0 Å². The molecule has 0 amide bonds. The van der Waals surface area contributed by atoms with Crippen LogP contribution in [0.3, 0.4) is 0 Å². The van der Waals surface area contributed by atoms with E-state index in [0.717, 1.165) is 6.92 Å². The highest BCUT2D eigenvalue weighted by Gasteiger charge is 2.37. The molecule has 0 aromatic carbocycles. The van der Waals surface area contributed by atoms with Gasteiger partial charge in [-0.25, -0.2) is 0 Å². The Morgan fingerprint density at radius 2 is 2.00 bits per heavy atom. The molecule has 0 bridgehead atoms. The van der Waals surface area contributed by atoms with Crippen LogP contribution in [-0.2, 0) is 4.79 Å². The summed E-state index contributed by atoms with van der Waals surface area (Å²) in [6.45, 7) is 0.906. The molecule has 0 radical (unpaired) electrons. The molecular formula is C6H10F3NO2. The van der Waals surface area contributed by atoms with Crippen LogP contribution in [0.25, 0.3) is 0 Å². The van der Waals surface area contributed by atoms with Crippen LogP contribution < -0.4 is 5.73 Å². The van der Waals surface area contributed by atoms with Crippen molar-refractivity contribution >= 4 is 5.97 Å². The lowest BCUT2D eigenvalue weighted by atomic mass is 10.0. The third-order valence-corrected chi connectivity index (χ3v) is 1.48. The van der Waals surface area contributed by atoms with Gasteiger partial charge >= 0.3 is 12.1 Å². The summed E-state index contributed by atoms with van der Waals surface area (Å²) in [5.74, 6) is -3.09. The molecular weight excluding hydrogens is 175 g/mol. The van der Waals surface area contributed by atoms with Crippen molar-refractivity contribution in [3.8, 4) is 0 Å². The van der Waals surface area contributed by atoms with Crippen molar-refractivity contribution in [2.45, 2.75) is 25.6 Å². The Balaban J connectivity index is 4.01. The molecule has 0 rings (SSSR count). The Bertz CT molecular complexity index is 169. The maximum absolute atomic E-state index is 11.8. The van der Waals surface area contributed by atoms with Gasteiger partial charge in [0.15, 0.2) is 0 Å². The zero-order valence-corrected chi connectivity index (χ0v) is 6.43. The normalized spacial score (nSPS) is 17.1. The summed E-state index contributed by atoms with van der Waals surface area (Å²) in [6, 6.07) is -1.44. The van der Waals surface area contributed by atoms with E-state index < -0.39 is 30.5 Å². The third kappa shape index (κ3) is 3.56. The molecule has 0 heterocycles. The predicted molar refractivity (Wildman–Crippen MR) is 35.4 cm³/mol. The number of hydrogen-bond donors (Lipinski definition) is 2. The Morgan fingerprint density at radius 1 is 1.58 bits per heavy atom. The SMILES string of the molecule is C[C@H](CC(N)C(=O)O)C(F)(F)F. The number of hydrogen-bond acceptors (Lipinski definition) is 2. The van der Waals surface area contributed by atoms with Gasteiger partial charge in [-0.2, -0.15) is 13.2 Å². The van der Waals surface area contributed by atoms with Crippen LogP contribution in [-0.4, -0.2) is 23.3 Å². The van der Waals surface area contributed by atoms with E-state index in [4.69, 9.17) is 10.8 Å². The summed E-state index contributed by atoms with van der Waals surface area (Å²) in [4.78, 5) is 10.1. The second kappa shape index (κ2) is 3.75. The van der Waals surface area contributed by atoms with Crippen LogP contribution >= 0.6 is 0 Å². The maximum atomic E-state index is 11.8. The van der Waals surface area contributed by atoms with E-state index in [1.807, 2.05) is 0 Å². The van der Waals surface area contributed by atoms with Gasteiger partial charge in [-0.3, -0.25) is 4.79 Å². The van der Waals surface area contributed by atoms with Crippen molar-refractivity contribution in [1.82, 2.24) is 0 Å². The second-order valence-electron chi connectivity index (χ2n) is 2.62. The largest absolute Gasteiger partial charge is 0.480 e. The molecule has 2 atom stereocenters. The number of carbonyl (C=O) groups is 1. The summed E-state index contributed by atoms with van der Waals surface area (Å²) in [7, 11) is 0. The average molecular weight is 185 g/mol. The Labute approximate surface area is 67.4 Å². The number of nitrogens with two attached hydrogens (primary N) is 1. The fourth-order valence-corrected chi connectivity index (χ4v) is 0.615. The number of carboxylic acids is 1. The fraction of sp³-hybridized carbons (Fsp3) is 0.833. The van der Waals surface area contributed by atoms with Crippen molar-refractivity contribution in [3.05, 3.63) is 0 Å². The maximum Gasteiger partial charge on any atom is 0.391 e. The predicted octanol–water partition coefficient (Wildman–Crippen LogP) is 0.987. The Morgan fingerprint density at radius 3 is 2.25 bits per heavy atom. The van der Waals surface area contributed by atoms with Gasteiger partial charge in [0.2, 0.25) is 0 Å². The van der Waals surface area contributed by atoms with Crippen LogP contribution in [0.15, 0.2) is 0 Å². The molecule has 3 nitrogen and oxygen atoms in total. The first-order chi connectivity index (χ1) is 5.25. The number of aliphatic carboxylic acids is 1. The lowest BCUT2D eigenvalue weighted by Gasteiger charge is -2.16. The third-order valence-electron chi connectivity index (χ3n) is 1.48. The van der Waals surface area contributed by atoms with E-state index in [0.29, 0.717) is 0 Å². The van der Waals surface area contributed by atoms with Gasteiger partial charge in [0.25, 0.3) is 0 Å². The molecule has 0 aliphatic rings. The van der Waals surface area contributed by atoms with Gasteiger partial charge in [0.05, 0.1) is 5.92 Å². The average Bonchev–Trinajstić information content (AvgIpc) is 1.85. The first-order valence-corrected chi connectivity index (χ1v) is 3.30. The molecule has 0 aromatic heterocycles. The molecule has 1 unspecified atom stereocenters. The summed E-state index contributed by atoms with van der Waals surface area (Å²) in [5, 5.41) is 8.20. The summed E-state index contributed by atoms with van der Waals surface area (Å²) < 4.78 is 35.5. The molecule has 0 aliphatic carbocycles. The standard InChI is InChI=1S/C6H10F3NO2/c1-3(6(7,8)9)2-4(10)5(11)12/h3-4H,2,10H2,1H3,(H,11,12)/t3-,4?/m1/s1. The lowest BCUT2D eigenvalue weighted by molar-refractivity contribution is -0.173. The zero-order chi connectivity index (χ0) is 9.94. The quantitative estimate of drug-likeness (QED) is 0.689. The number of carboxylic acid groups (broad SMARTS) is 1. The number of halogens is 3. The van der Waals surface area contributed by atoms with Crippen LogP contribution in [0, 0.1) is 5.92 Å². The van der Waals surface area contributed by atoms with Crippen molar-refractivity contribution < 1.29 is 23.1 Å². The molecule has 0 saturated carbocycles. The van der Waals surface area contributed by atoms with Crippen LogP contribution in [0.1, 0.15) is 13.3 Å². The smallest absolute Gasteiger partial charge is 0.391 e. The van der Waals surface area contributed by atoms with Crippen molar-refractivity contribution in [1.29, 1.82) is 0 Å². The monoisotopic (exact) mass is 185 g/mol. The van der Waals surface area contributed by atoms with Gasteiger partial charge in [-0.1, -0.05) is 6.92 Å². The minimum atomic E-state index is -4.37. The topological polar surface area (TPSA) is 63.3 Å². The van der Waals surface area contributed by atoms with Crippen LogP contribution in [0.2, 0.25) is 0 Å². The minimum absolute atomic E-state index is 0.584. The first-order valence-electron chi connectivity index (χ1n) is 3.30. The van der Waals surface area contributed by atoms with Crippen LogP contribution in [0.5, 0.6) is 0 Å². The second-order valence-corrected chi connectivity index (χ2v) is 2.62. The first kappa shape index (κ1) is 11.2. The summed E-state index contributed by atoms with van der Waals surface area (Å²) >= 11 is 0. The number of alkyl halides is 3. The zero-order valence-electron chi connectivity index (χ0n) is 6.43. The highest BCUT2D eigenvalue weighted by molar-refractivity contribution is 5.73. The molecule has 0 spiro atoms. The summed E-state index contributed by atoms with van der Waals surface area (Å²) in [5.41, 5.74) is 4.91. The molecule has 12 heavy (non-hydrogen) atoms. The van der Waals surface area contributed by atoms with Gasteiger partial charge in [-0.15, -0.1) is 0 Å². The summed E-state index contributed by atoms with van der Waals surface area (Å²) in [6.07, 6.45) is -4.95.